The molecule has 1 aromatic heterocycles. The second-order valence-corrected chi connectivity index (χ2v) is 9.47. The largest absolute Gasteiger partial charge is 0.480 e. The summed E-state index contributed by atoms with van der Waals surface area (Å²) < 4.78 is 5.55. The van der Waals surface area contributed by atoms with Crippen LogP contribution in [0.2, 0.25) is 0 Å². The molecular formula is C28H33N5O3. The van der Waals surface area contributed by atoms with E-state index in [1.54, 1.807) is 6.20 Å². The van der Waals surface area contributed by atoms with E-state index in [-0.39, 0.29) is 0 Å². The minimum atomic E-state index is -0.736. The first-order valence-electron chi connectivity index (χ1n) is 12.6. The minimum absolute atomic E-state index is 0.421. The zero-order valence-corrected chi connectivity index (χ0v) is 20.5. The number of ether oxygens (including phenoxy) is 1. The van der Waals surface area contributed by atoms with Crippen molar-refractivity contribution in [2.45, 2.75) is 38.4 Å². The average Bonchev–Trinajstić information content (AvgIpc) is 3.38. The maximum absolute atomic E-state index is 11.8. The third-order valence-electron chi connectivity index (χ3n) is 7.04. The highest BCUT2D eigenvalue weighted by Gasteiger charge is 2.31. The molecule has 0 spiro atoms. The fraction of sp³-hybridized carbons (Fsp3) is 0.393. The van der Waals surface area contributed by atoms with Crippen LogP contribution in [-0.4, -0.2) is 64.8 Å². The van der Waals surface area contributed by atoms with E-state index in [9.17, 15) is 9.90 Å². The van der Waals surface area contributed by atoms with Crippen molar-refractivity contribution in [1.29, 1.82) is 0 Å². The molecule has 5 rings (SSSR count). The summed E-state index contributed by atoms with van der Waals surface area (Å²) in [6.07, 6.45) is 4.02. The van der Waals surface area contributed by atoms with Gasteiger partial charge in [0.05, 0.1) is 18.9 Å². The van der Waals surface area contributed by atoms with Crippen molar-refractivity contribution in [3.05, 3.63) is 77.2 Å². The van der Waals surface area contributed by atoms with Crippen LogP contribution in [0.25, 0.3) is 11.3 Å². The van der Waals surface area contributed by atoms with Gasteiger partial charge in [-0.3, -0.25) is 9.69 Å². The summed E-state index contributed by atoms with van der Waals surface area (Å²) >= 11 is 0. The van der Waals surface area contributed by atoms with Crippen LogP contribution in [0.15, 0.2) is 54.7 Å². The first-order valence-corrected chi connectivity index (χ1v) is 12.6. The maximum atomic E-state index is 11.8. The van der Waals surface area contributed by atoms with Crippen LogP contribution in [0, 0.1) is 0 Å². The molecule has 2 aliphatic rings. The van der Waals surface area contributed by atoms with Crippen molar-refractivity contribution < 1.29 is 14.6 Å². The standard InChI is InChI=1S/C28H33N5O3/c29-18-21-3-1-4-22(16-21)24-8-9-30-27(31-24)17-20-6-7-25(32-11-13-36-14-12-32)23(15-20)19-33-10-2-5-26(33)28(34)35/h1,3-4,6-9,15-16,26H,2,5,10-14,17-19,29H2,(H,34,35). The number of carboxylic acids is 1. The number of aliphatic carboxylic acids is 1. The first-order chi connectivity index (χ1) is 17.6. The average molecular weight is 488 g/mol. The number of benzene rings is 2. The van der Waals surface area contributed by atoms with Gasteiger partial charge in [-0.05, 0) is 54.3 Å². The molecule has 0 radical (unpaired) electrons. The molecule has 2 fully saturated rings. The second kappa shape index (κ2) is 11.2. The summed E-state index contributed by atoms with van der Waals surface area (Å²) in [5.41, 5.74) is 12.2. The van der Waals surface area contributed by atoms with E-state index in [1.165, 1.54) is 0 Å². The Morgan fingerprint density at radius 1 is 1.08 bits per heavy atom. The number of rotatable bonds is 8. The Hall–Kier alpha value is -3.33. The molecule has 3 N–H and O–H groups in total. The number of likely N-dealkylation sites (tertiary alicyclic amines) is 1. The van der Waals surface area contributed by atoms with Gasteiger partial charge in [0.25, 0.3) is 0 Å². The molecule has 188 valence electrons. The Morgan fingerprint density at radius 3 is 2.75 bits per heavy atom. The monoisotopic (exact) mass is 487 g/mol. The third kappa shape index (κ3) is 5.56. The molecule has 3 heterocycles. The number of nitrogens with two attached hydrogens (primary N) is 1. The number of carbonyl (C=O) groups is 1. The highest BCUT2D eigenvalue weighted by Crippen LogP contribution is 2.29. The fourth-order valence-corrected chi connectivity index (χ4v) is 5.19. The van der Waals surface area contributed by atoms with Crippen molar-refractivity contribution in [3.63, 3.8) is 0 Å². The van der Waals surface area contributed by atoms with Crippen LogP contribution in [0.5, 0.6) is 0 Å². The van der Waals surface area contributed by atoms with E-state index in [0.717, 1.165) is 65.5 Å². The second-order valence-electron chi connectivity index (χ2n) is 9.47. The molecule has 8 nitrogen and oxygen atoms in total. The van der Waals surface area contributed by atoms with E-state index in [2.05, 4.69) is 39.0 Å². The number of nitrogens with zero attached hydrogens (tertiary/aromatic N) is 4. The summed E-state index contributed by atoms with van der Waals surface area (Å²) in [5.74, 6) is 0.0146. The fourth-order valence-electron chi connectivity index (χ4n) is 5.19. The normalized spacial score (nSPS) is 18.5. The van der Waals surface area contributed by atoms with Gasteiger partial charge in [-0.15, -0.1) is 0 Å². The molecular weight excluding hydrogens is 454 g/mol. The molecule has 1 unspecified atom stereocenters. The number of hydrogen-bond acceptors (Lipinski definition) is 7. The molecule has 2 aliphatic heterocycles. The maximum Gasteiger partial charge on any atom is 0.320 e. The number of aromatic nitrogens is 2. The van der Waals surface area contributed by atoms with Gasteiger partial charge in [-0.1, -0.05) is 30.3 Å². The Morgan fingerprint density at radius 2 is 1.94 bits per heavy atom. The van der Waals surface area contributed by atoms with E-state index in [1.807, 2.05) is 24.3 Å². The molecule has 0 aliphatic carbocycles. The molecule has 3 aromatic rings. The van der Waals surface area contributed by atoms with Gasteiger partial charge in [0.2, 0.25) is 0 Å². The zero-order valence-electron chi connectivity index (χ0n) is 20.5. The third-order valence-corrected chi connectivity index (χ3v) is 7.04. The summed E-state index contributed by atoms with van der Waals surface area (Å²) in [7, 11) is 0. The lowest BCUT2D eigenvalue weighted by atomic mass is 10.0. The molecule has 36 heavy (non-hydrogen) atoms. The molecule has 0 saturated carbocycles. The molecule has 0 bridgehead atoms. The smallest absolute Gasteiger partial charge is 0.320 e. The summed E-state index contributed by atoms with van der Waals surface area (Å²) in [6.45, 7) is 4.98. The Kier molecular flexibility index (Phi) is 7.55. The van der Waals surface area contributed by atoms with Crippen molar-refractivity contribution in [3.8, 4) is 11.3 Å². The highest BCUT2D eigenvalue weighted by molar-refractivity contribution is 5.74. The number of hydrogen-bond donors (Lipinski definition) is 2. The molecule has 1 atom stereocenters. The van der Waals surface area contributed by atoms with E-state index >= 15 is 0 Å². The van der Waals surface area contributed by atoms with E-state index < -0.39 is 12.0 Å². The number of morpholine rings is 1. The van der Waals surface area contributed by atoms with Gasteiger partial charge < -0.3 is 20.5 Å². The quantitative estimate of drug-likeness (QED) is 0.500. The van der Waals surface area contributed by atoms with Crippen LogP contribution >= 0.6 is 0 Å². The van der Waals surface area contributed by atoms with Gasteiger partial charge in [0.1, 0.15) is 11.9 Å². The lowest BCUT2D eigenvalue weighted by Gasteiger charge is -2.32. The van der Waals surface area contributed by atoms with Crippen molar-refractivity contribution in [2.24, 2.45) is 5.73 Å². The van der Waals surface area contributed by atoms with Crippen LogP contribution < -0.4 is 10.6 Å². The van der Waals surface area contributed by atoms with Gasteiger partial charge >= 0.3 is 5.97 Å². The molecule has 8 heteroatoms. The van der Waals surface area contributed by atoms with Crippen LogP contribution in [0.1, 0.15) is 35.4 Å². The van der Waals surface area contributed by atoms with Crippen LogP contribution in [-0.2, 0) is 29.0 Å². The highest BCUT2D eigenvalue weighted by atomic mass is 16.5. The Bertz CT molecular complexity index is 1210. The first kappa shape index (κ1) is 24.4. The van der Waals surface area contributed by atoms with Crippen LogP contribution in [0.4, 0.5) is 5.69 Å². The summed E-state index contributed by atoms with van der Waals surface area (Å²) in [5, 5.41) is 9.69. The Balaban J connectivity index is 1.41. The Labute approximate surface area is 211 Å². The van der Waals surface area contributed by atoms with Crippen molar-refractivity contribution in [1.82, 2.24) is 14.9 Å². The predicted molar refractivity (Wildman–Crippen MR) is 139 cm³/mol. The number of anilines is 1. The lowest BCUT2D eigenvalue weighted by molar-refractivity contribution is -0.142. The lowest BCUT2D eigenvalue weighted by Crippen LogP contribution is -2.38. The number of carboxylic acid groups (broad SMARTS) is 1. The van der Waals surface area contributed by atoms with Gasteiger partial charge in [0.15, 0.2) is 0 Å². The molecule has 2 aromatic carbocycles. The van der Waals surface area contributed by atoms with E-state index in [4.69, 9.17) is 15.5 Å². The molecule has 2 saturated heterocycles. The zero-order chi connectivity index (χ0) is 24.9. The topological polar surface area (TPSA) is 105 Å². The van der Waals surface area contributed by atoms with Gasteiger partial charge in [-0.25, -0.2) is 9.97 Å². The van der Waals surface area contributed by atoms with Crippen LogP contribution in [0.3, 0.4) is 0 Å². The predicted octanol–water partition coefficient (Wildman–Crippen LogP) is 3.08. The van der Waals surface area contributed by atoms with Crippen molar-refractivity contribution >= 4 is 11.7 Å². The van der Waals surface area contributed by atoms with E-state index in [0.29, 0.717) is 39.1 Å². The SMILES string of the molecule is NCc1cccc(-c2ccnc(Cc3ccc(N4CCOCC4)c(CN4CCCC4C(=O)O)c3)n2)c1. The summed E-state index contributed by atoms with van der Waals surface area (Å²) in [4.78, 5) is 25.6. The molecule has 0 amide bonds. The minimum Gasteiger partial charge on any atom is -0.480 e. The van der Waals surface area contributed by atoms with Crippen molar-refractivity contribution in [2.75, 3.05) is 37.7 Å². The van der Waals surface area contributed by atoms with Gasteiger partial charge in [0, 0.05) is 50.0 Å². The van der Waals surface area contributed by atoms with Gasteiger partial charge in [-0.2, -0.15) is 0 Å². The summed E-state index contributed by atoms with van der Waals surface area (Å²) in [6, 6.07) is 16.1.